The van der Waals surface area contributed by atoms with E-state index in [2.05, 4.69) is 22.0 Å². The van der Waals surface area contributed by atoms with Crippen molar-refractivity contribution in [2.24, 2.45) is 0 Å². The zero-order chi connectivity index (χ0) is 10.5. The Bertz CT molecular complexity index is 172. The maximum atomic E-state index is 3.41. The molecule has 2 aliphatic rings. The van der Waals surface area contributed by atoms with Gasteiger partial charge in [-0.2, -0.15) is 0 Å². The molecule has 88 valence electrons. The third-order valence-electron chi connectivity index (χ3n) is 3.75. The zero-order valence-corrected chi connectivity index (χ0v) is 10.0. The standard InChI is InChI=1S/C12H25N3/c1-12(15-7-3-2-4-8-15)11-14-9-5-13-6-10-14/h12-13H,2-11H2,1H3. The van der Waals surface area contributed by atoms with Crippen molar-refractivity contribution in [3.8, 4) is 0 Å². The smallest absolute Gasteiger partial charge is 0.0194 e. The molecule has 3 heteroatoms. The van der Waals surface area contributed by atoms with Crippen LogP contribution in [0.25, 0.3) is 0 Å². The predicted molar refractivity (Wildman–Crippen MR) is 64.2 cm³/mol. The fourth-order valence-electron chi connectivity index (χ4n) is 2.74. The highest BCUT2D eigenvalue weighted by Crippen LogP contribution is 2.12. The Morgan fingerprint density at radius 1 is 1.00 bits per heavy atom. The summed E-state index contributed by atoms with van der Waals surface area (Å²) in [5, 5.41) is 3.41. The lowest BCUT2D eigenvalue weighted by atomic mass is 10.1. The minimum absolute atomic E-state index is 0.753. The first kappa shape index (κ1) is 11.4. The van der Waals surface area contributed by atoms with Gasteiger partial charge in [-0.1, -0.05) is 6.42 Å². The summed E-state index contributed by atoms with van der Waals surface area (Å²) in [6, 6.07) is 0.753. The summed E-state index contributed by atoms with van der Waals surface area (Å²) in [4.78, 5) is 5.28. The van der Waals surface area contributed by atoms with Crippen molar-refractivity contribution in [1.29, 1.82) is 0 Å². The average molecular weight is 211 g/mol. The van der Waals surface area contributed by atoms with E-state index in [0.717, 1.165) is 6.04 Å². The highest BCUT2D eigenvalue weighted by Gasteiger charge is 2.19. The van der Waals surface area contributed by atoms with Gasteiger partial charge in [-0.05, 0) is 32.9 Å². The van der Waals surface area contributed by atoms with Crippen molar-refractivity contribution in [3.63, 3.8) is 0 Å². The summed E-state index contributed by atoms with van der Waals surface area (Å²) in [6.07, 6.45) is 4.26. The Hall–Kier alpha value is -0.120. The first-order valence-electron chi connectivity index (χ1n) is 6.53. The van der Waals surface area contributed by atoms with E-state index >= 15 is 0 Å². The van der Waals surface area contributed by atoms with Crippen molar-refractivity contribution in [1.82, 2.24) is 15.1 Å². The molecule has 0 bridgehead atoms. The van der Waals surface area contributed by atoms with Crippen LogP contribution in [0.5, 0.6) is 0 Å². The van der Waals surface area contributed by atoms with Crippen LogP contribution in [-0.2, 0) is 0 Å². The van der Waals surface area contributed by atoms with Crippen LogP contribution in [0.1, 0.15) is 26.2 Å². The van der Waals surface area contributed by atoms with E-state index in [-0.39, 0.29) is 0 Å². The summed E-state index contributed by atoms with van der Waals surface area (Å²) in [5.41, 5.74) is 0. The summed E-state index contributed by atoms with van der Waals surface area (Å²) in [7, 11) is 0. The lowest BCUT2D eigenvalue weighted by molar-refractivity contribution is 0.121. The highest BCUT2D eigenvalue weighted by atomic mass is 15.2. The van der Waals surface area contributed by atoms with Gasteiger partial charge >= 0.3 is 0 Å². The third-order valence-corrected chi connectivity index (χ3v) is 3.75. The molecule has 2 rings (SSSR count). The SMILES string of the molecule is CC(CN1CCNCC1)N1CCCCC1. The topological polar surface area (TPSA) is 18.5 Å². The summed E-state index contributed by atoms with van der Waals surface area (Å²) in [6.45, 7) is 11.1. The van der Waals surface area contributed by atoms with Gasteiger partial charge in [0.25, 0.3) is 0 Å². The van der Waals surface area contributed by atoms with Gasteiger partial charge in [-0.3, -0.25) is 9.80 Å². The molecule has 3 nitrogen and oxygen atoms in total. The van der Waals surface area contributed by atoms with E-state index < -0.39 is 0 Å². The maximum Gasteiger partial charge on any atom is 0.0194 e. The molecule has 1 N–H and O–H groups in total. The van der Waals surface area contributed by atoms with Gasteiger partial charge in [0.15, 0.2) is 0 Å². The van der Waals surface area contributed by atoms with Crippen molar-refractivity contribution < 1.29 is 0 Å². The van der Waals surface area contributed by atoms with Crippen LogP contribution in [0, 0.1) is 0 Å². The molecule has 0 spiro atoms. The largest absolute Gasteiger partial charge is 0.314 e. The first-order chi connectivity index (χ1) is 7.36. The minimum Gasteiger partial charge on any atom is -0.314 e. The Labute approximate surface area is 93.8 Å². The van der Waals surface area contributed by atoms with Crippen molar-refractivity contribution in [2.45, 2.75) is 32.2 Å². The first-order valence-corrected chi connectivity index (χ1v) is 6.53. The zero-order valence-electron chi connectivity index (χ0n) is 10.0. The second kappa shape index (κ2) is 5.83. The number of likely N-dealkylation sites (tertiary alicyclic amines) is 1. The van der Waals surface area contributed by atoms with E-state index in [0.29, 0.717) is 0 Å². The fraction of sp³-hybridized carbons (Fsp3) is 1.00. The van der Waals surface area contributed by atoms with E-state index in [1.54, 1.807) is 0 Å². The summed E-state index contributed by atoms with van der Waals surface area (Å²) in [5.74, 6) is 0. The van der Waals surface area contributed by atoms with Crippen LogP contribution in [0.3, 0.4) is 0 Å². The van der Waals surface area contributed by atoms with E-state index in [1.807, 2.05) is 0 Å². The number of nitrogens with zero attached hydrogens (tertiary/aromatic N) is 2. The number of hydrogen-bond acceptors (Lipinski definition) is 3. The molecule has 2 heterocycles. The van der Waals surface area contributed by atoms with Gasteiger partial charge < -0.3 is 5.32 Å². The average Bonchev–Trinajstić information content (AvgIpc) is 2.31. The quantitative estimate of drug-likeness (QED) is 0.744. The van der Waals surface area contributed by atoms with Crippen LogP contribution in [-0.4, -0.2) is 61.7 Å². The van der Waals surface area contributed by atoms with Crippen molar-refractivity contribution in [3.05, 3.63) is 0 Å². The molecule has 0 aromatic carbocycles. The minimum atomic E-state index is 0.753. The fourth-order valence-corrected chi connectivity index (χ4v) is 2.74. The number of piperidine rings is 1. The molecule has 1 atom stereocenters. The van der Waals surface area contributed by atoms with Gasteiger partial charge in [-0.25, -0.2) is 0 Å². The summed E-state index contributed by atoms with van der Waals surface area (Å²) >= 11 is 0. The van der Waals surface area contributed by atoms with Gasteiger partial charge in [0.05, 0.1) is 0 Å². The number of piperazine rings is 1. The molecule has 0 aromatic rings. The molecule has 0 aliphatic carbocycles. The third kappa shape index (κ3) is 3.44. The molecule has 0 saturated carbocycles. The van der Waals surface area contributed by atoms with Gasteiger partial charge in [0.2, 0.25) is 0 Å². The van der Waals surface area contributed by atoms with E-state index in [9.17, 15) is 0 Å². The van der Waals surface area contributed by atoms with E-state index in [4.69, 9.17) is 0 Å². The number of hydrogen-bond donors (Lipinski definition) is 1. The number of nitrogens with one attached hydrogen (secondary N) is 1. The molecular weight excluding hydrogens is 186 g/mol. The monoisotopic (exact) mass is 211 g/mol. The Kier molecular flexibility index (Phi) is 4.42. The molecule has 0 amide bonds. The molecule has 2 fully saturated rings. The van der Waals surface area contributed by atoms with Gasteiger partial charge in [-0.15, -0.1) is 0 Å². The van der Waals surface area contributed by atoms with Gasteiger partial charge in [0.1, 0.15) is 0 Å². The lowest BCUT2D eigenvalue weighted by Gasteiger charge is -2.37. The Morgan fingerprint density at radius 3 is 2.33 bits per heavy atom. The van der Waals surface area contributed by atoms with Crippen molar-refractivity contribution >= 4 is 0 Å². The summed E-state index contributed by atoms with van der Waals surface area (Å²) < 4.78 is 0. The van der Waals surface area contributed by atoms with Crippen molar-refractivity contribution in [2.75, 3.05) is 45.8 Å². The second-order valence-electron chi connectivity index (χ2n) is 5.00. The number of rotatable bonds is 3. The molecule has 15 heavy (non-hydrogen) atoms. The van der Waals surface area contributed by atoms with Crippen LogP contribution in [0.15, 0.2) is 0 Å². The molecular formula is C12H25N3. The maximum absolute atomic E-state index is 3.41. The van der Waals surface area contributed by atoms with Crippen LogP contribution < -0.4 is 5.32 Å². The second-order valence-corrected chi connectivity index (χ2v) is 5.00. The van der Waals surface area contributed by atoms with Crippen LogP contribution in [0.2, 0.25) is 0 Å². The molecule has 0 radical (unpaired) electrons. The molecule has 0 aromatic heterocycles. The molecule has 2 saturated heterocycles. The predicted octanol–water partition coefficient (Wildman–Crippen LogP) is 0.766. The van der Waals surface area contributed by atoms with Gasteiger partial charge in [0, 0.05) is 38.8 Å². The molecule has 2 aliphatic heterocycles. The molecule has 1 unspecified atom stereocenters. The van der Waals surface area contributed by atoms with Crippen LogP contribution >= 0.6 is 0 Å². The Balaban J connectivity index is 1.72. The normalized spacial score (nSPS) is 27.8. The van der Waals surface area contributed by atoms with E-state index in [1.165, 1.54) is 65.1 Å². The lowest BCUT2D eigenvalue weighted by Crippen LogP contribution is -2.50. The highest BCUT2D eigenvalue weighted by molar-refractivity contribution is 4.77. The Morgan fingerprint density at radius 2 is 1.67 bits per heavy atom. The van der Waals surface area contributed by atoms with Crippen LogP contribution in [0.4, 0.5) is 0 Å².